The van der Waals surface area contributed by atoms with Gasteiger partial charge in [0.05, 0.1) is 0 Å². The first-order valence-electron chi connectivity index (χ1n) is 4.49. The summed E-state index contributed by atoms with van der Waals surface area (Å²) in [6.45, 7) is 2.11. The van der Waals surface area contributed by atoms with Gasteiger partial charge in [0.2, 0.25) is 0 Å². The number of aliphatic hydroxyl groups excluding tert-OH is 2. The fraction of sp³-hybridized carbons (Fsp3) is 0.600. The Morgan fingerprint density at radius 2 is 2.17 bits per heavy atom. The van der Waals surface area contributed by atoms with Gasteiger partial charge in [-0.25, -0.2) is 0 Å². The molecule has 2 N–H and O–H groups in total. The first-order valence-corrected chi connectivity index (χ1v) is 4.49. The van der Waals surface area contributed by atoms with Crippen molar-refractivity contribution >= 4 is 0 Å². The third kappa shape index (κ3) is 2.19. The molecule has 0 aliphatic heterocycles. The Kier molecular flexibility index (Phi) is 3.50. The van der Waals surface area contributed by atoms with Gasteiger partial charge in [0.25, 0.3) is 0 Å². The maximum Gasteiger partial charge on any atom is 0.105 e. The molecule has 0 aromatic rings. The molecule has 1 aliphatic carbocycles. The van der Waals surface area contributed by atoms with Gasteiger partial charge in [-0.05, 0) is 18.4 Å². The lowest BCUT2D eigenvalue weighted by Gasteiger charge is -2.20. The van der Waals surface area contributed by atoms with Crippen LogP contribution in [0.3, 0.4) is 0 Å². The van der Waals surface area contributed by atoms with E-state index in [2.05, 4.69) is 6.92 Å². The van der Waals surface area contributed by atoms with E-state index in [0.717, 1.165) is 24.8 Å². The summed E-state index contributed by atoms with van der Waals surface area (Å²) in [5, 5.41) is 18.8. The van der Waals surface area contributed by atoms with Gasteiger partial charge in [0, 0.05) is 0 Å². The Bertz CT molecular complexity index is 194. The minimum Gasteiger partial charge on any atom is -0.386 e. The van der Waals surface area contributed by atoms with Crippen LogP contribution < -0.4 is 0 Å². The molecule has 68 valence electrons. The summed E-state index contributed by atoms with van der Waals surface area (Å²) in [5.41, 5.74) is 0.951. The normalized spacial score (nSPS) is 28.8. The van der Waals surface area contributed by atoms with Gasteiger partial charge in [-0.15, -0.1) is 0 Å². The van der Waals surface area contributed by atoms with E-state index in [1.165, 1.54) is 0 Å². The number of rotatable bonds is 3. The Morgan fingerprint density at radius 3 is 2.83 bits per heavy atom. The van der Waals surface area contributed by atoms with E-state index >= 15 is 0 Å². The second-order valence-electron chi connectivity index (χ2n) is 3.17. The first-order chi connectivity index (χ1) is 5.75. The molecule has 1 aliphatic rings. The Hall–Kier alpha value is -0.600. The third-order valence-corrected chi connectivity index (χ3v) is 2.14. The molecule has 0 amide bonds. The summed E-state index contributed by atoms with van der Waals surface area (Å²) in [6.07, 6.45) is 7.01. The number of hydrogen-bond donors (Lipinski definition) is 2. The van der Waals surface area contributed by atoms with Crippen molar-refractivity contribution in [2.75, 3.05) is 0 Å². The molecule has 0 saturated heterocycles. The highest BCUT2D eigenvalue weighted by Gasteiger charge is 2.19. The van der Waals surface area contributed by atoms with Crippen LogP contribution in [-0.2, 0) is 0 Å². The lowest BCUT2D eigenvalue weighted by atomic mass is 9.95. The molecule has 0 radical (unpaired) electrons. The molecule has 2 atom stereocenters. The molecule has 12 heavy (non-hydrogen) atoms. The van der Waals surface area contributed by atoms with E-state index < -0.39 is 12.2 Å². The summed E-state index contributed by atoms with van der Waals surface area (Å²) in [7, 11) is 0. The van der Waals surface area contributed by atoms with Crippen molar-refractivity contribution in [1.82, 2.24) is 0 Å². The molecule has 0 unspecified atom stereocenters. The molecular weight excluding hydrogens is 152 g/mol. The van der Waals surface area contributed by atoms with Crippen LogP contribution in [0.25, 0.3) is 0 Å². The van der Waals surface area contributed by atoms with Crippen LogP contribution in [0.1, 0.15) is 26.2 Å². The van der Waals surface area contributed by atoms with Gasteiger partial charge >= 0.3 is 0 Å². The van der Waals surface area contributed by atoms with E-state index in [0.29, 0.717) is 0 Å². The number of aliphatic hydroxyl groups is 2. The van der Waals surface area contributed by atoms with Gasteiger partial charge in [0.1, 0.15) is 12.2 Å². The Balaban J connectivity index is 2.51. The molecule has 0 bridgehead atoms. The van der Waals surface area contributed by atoms with Gasteiger partial charge in [-0.1, -0.05) is 31.6 Å². The maximum absolute atomic E-state index is 9.49. The van der Waals surface area contributed by atoms with Gasteiger partial charge < -0.3 is 10.2 Å². The molecule has 0 saturated carbocycles. The van der Waals surface area contributed by atoms with Crippen LogP contribution in [0.4, 0.5) is 0 Å². The average molecular weight is 168 g/mol. The van der Waals surface area contributed by atoms with E-state index in [-0.39, 0.29) is 0 Å². The van der Waals surface area contributed by atoms with Crippen molar-refractivity contribution in [3.05, 3.63) is 23.8 Å². The number of hydrogen-bond acceptors (Lipinski definition) is 2. The minimum atomic E-state index is -0.707. The topological polar surface area (TPSA) is 40.5 Å². The van der Waals surface area contributed by atoms with Crippen LogP contribution in [0.2, 0.25) is 0 Å². The van der Waals surface area contributed by atoms with Crippen LogP contribution >= 0.6 is 0 Å². The molecule has 2 heteroatoms. The van der Waals surface area contributed by atoms with Crippen molar-refractivity contribution in [3.63, 3.8) is 0 Å². The van der Waals surface area contributed by atoms with Gasteiger partial charge in [-0.3, -0.25) is 0 Å². The van der Waals surface area contributed by atoms with Crippen molar-refractivity contribution in [3.8, 4) is 0 Å². The molecule has 0 aromatic carbocycles. The maximum atomic E-state index is 9.49. The van der Waals surface area contributed by atoms with Crippen LogP contribution in [0.15, 0.2) is 23.8 Å². The SMILES string of the molecule is CCCCC1=CC=C[C@H](O)[C@@H]1O. The van der Waals surface area contributed by atoms with E-state index in [1.54, 1.807) is 6.08 Å². The summed E-state index contributed by atoms with van der Waals surface area (Å²) in [4.78, 5) is 0. The summed E-state index contributed by atoms with van der Waals surface area (Å²) >= 11 is 0. The van der Waals surface area contributed by atoms with E-state index in [4.69, 9.17) is 0 Å². The first kappa shape index (κ1) is 9.49. The lowest BCUT2D eigenvalue weighted by Crippen LogP contribution is -2.27. The van der Waals surface area contributed by atoms with Gasteiger partial charge in [-0.2, -0.15) is 0 Å². The standard InChI is InChI=1S/C10H16O2/c1-2-3-5-8-6-4-7-9(11)10(8)12/h4,6-7,9-12H,2-3,5H2,1H3/t9-,10+/m0/s1. The largest absolute Gasteiger partial charge is 0.386 e. The van der Waals surface area contributed by atoms with E-state index in [9.17, 15) is 10.2 Å². The molecule has 1 rings (SSSR count). The third-order valence-electron chi connectivity index (χ3n) is 2.14. The second-order valence-corrected chi connectivity index (χ2v) is 3.17. The predicted octanol–water partition coefficient (Wildman–Crippen LogP) is 1.39. The smallest absolute Gasteiger partial charge is 0.105 e. The van der Waals surface area contributed by atoms with Crippen LogP contribution in [-0.4, -0.2) is 22.4 Å². The zero-order valence-electron chi connectivity index (χ0n) is 7.40. The van der Waals surface area contributed by atoms with E-state index in [1.807, 2.05) is 12.2 Å². The number of unbranched alkanes of at least 4 members (excludes halogenated alkanes) is 1. The predicted molar refractivity (Wildman–Crippen MR) is 48.8 cm³/mol. The molecule has 0 aromatic heterocycles. The fourth-order valence-electron chi connectivity index (χ4n) is 1.33. The molecule has 0 fully saturated rings. The fourth-order valence-corrected chi connectivity index (χ4v) is 1.33. The van der Waals surface area contributed by atoms with Gasteiger partial charge in [0.15, 0.2) is 0 Å². The average Bonchev–Trinajstić information content (AvgIpc) is 2.08. The zero-order chi connectivity index (χ0) is 8.97. The van der Waals surface area contributed by atoms with Crippen molar-refractivity contribution in [2.45, 2.75) is 38.4 Å². The summed E-state index contributed by atoms with van der Waals surface area (Å²) < 4.78 is 0. The minimum absolute atomic E-state index is 0.679. The molecule has 0 spiro atoms. The van der Waals surface area contributed by atoms with Crippen molar-refractivity contribution < 1.29 is 10.2 Å². The summed E-state index contributed by atoms with van der Waals surface area (Å²) in [5.74, 6) is 0. The zero-order valence-corrected chi connectivity index (χ0v) is 7.40. The second kappa shape index (κ2) is 4.43. The van der Waals surface area contributed by atoms with Crippen LogP contribution in [0.5, 0.6) is 0 Å². The number of allylic oxidation sites excluding steroid dienone is 2. The lowest BCUT2D eigenvalue weighted by molar-refractivity contribution is 0.0690. The van der Waals surface area contributed by atoms with Crippen molar-refractivity contribution in [1.29, 1.82) is 0 Å². The quantitative estimate of drug-likeness (QED) is 0.668. The van der Waals surface area contributed by atoms with Crippen LogP contribution in [0, 0.1) is 0 Å². The molecule has 2 nitrogen and oxygen atoms in total. The highest BCUT2D eigenvalue weighted by molar-refractivity contribution is 5.25. The molecular formula is C10H16O2. The molecule has 0 heterocycles. The highest BCUT2D eigenvalue weighted by atomic mass is 16.3. The summed E-state index contributed by atoms with van der Waals surface area (Å²) in [6, 6.07) is 0. The Morgan fingerprint density at radius 1 is 1.42 bits per heavy atom. The monoisotopic (exact) mass is 168 g/mol. The highest BCUT2D eigenvalue weighted by Crippen LogP contribution is 2.18. The Labute approximate surface area is 73.2 Å². The van der Waals surface area contributed by atoms with Crippen molar-refractivity contribution in [2.24, 2.45) is 0 Å².